The molecule has 2 aromatic rings. The van der Waals surface area contributed by atoms with Gasteiger partial charge in [0, 0.05) is 31.0 Å². The quantitative estimate of drug-likeness (QED) is 0.565. The van der Waals surface area contributed by atoms with E-state index in [1.54, 1.807) is 0 Å². The molecule has 0 unspecified atom stereocenters. The van der Waals surface area contributed by atoms with Gasteiger partial charge in [-0.15, -0.1) is 0 Å². The first-order chi connectivity index (χ1) is 14.5. The maximum atomic E-state index is 13.4. The molecule has 2 aliphatic rings. The summed E-state index contributed by atoms with van der Waals surface area (Å²) in [5.41, 5.74) is 9.36. The third-order valence-electron chi connectivity index (χ3n) is 5.57. The molecule has 11 heteroatoms. The van der Waals surface area contributed by atoms with E-state index in [0.29, 0.717) is 31.9 Å². The molecule has 0 radical (unpaired) electrons. The Morgan fingerprint density at radius 3 is 2.65 bits per heavy atom. The Labute approximate surface area is 176 Å². The van der Waals surface area contributed by atoms with Crippen LogP contribution in [0.5, 0.6) is 0 Å². The van der Waals surface area contributed by atoms with Gasteiger partial charge in [-0.1, -0.05) is 0 Å². The highest BCUT2D eigenvalue weighted by atomic mass is 19.4. The molecule has 31 heavy (non-hydrogen) atoms. The number of rotatable bonds is 5. The van der Waals surface area contributed by atoms with E-state index in [0.717, 1.165) is 25.0 Å². The lowest BCUT2D eigenvalue weighted by molar-refractivity contribution is -0.137. The number of anilines is 3. The molecule has 1 saturated heterocycles. The fourth-order valence-electron chi connectivity index (χ4n) is 3.67. The number of benzene rings is 1. The van der Waals surface area contributed by atoms with E-state index in [4.69, 9.17) is 11.5 Å². The van der Waals surface area contributed by atoms with Crippen LogP contribution < -0.4 is 21.7 Å². The number of hydrogen-bond donors (Lipinski definition) is 4. The van der Waals surface area contributed by atoms with Crippen LogP contribution in [-0.4, -0.2) is 40.1 Å². The summed E-state index contributed by atoms with van der Waals surface area (Å²) >= 11 is 0. The monoisotopic (exact) mass is 436 g/mol. The first-order valence-electron chi connectivity index (χ1n) is 9.95. The molecule has 166 valence electrons. The van der Waals surface area contributed by atoms with E-state index >= 15 is 0 Å². The van der Waals surface area contributed by atoms with Crippen LogP contribution in [-0.2, 0) is 11.8 Å². The Hall–Kier alpha value is -2.92. The Morgan fingerprint density at radius 1 is 1.29 bits per heavy atom. The summed E-state index contributed by atoms with van der Waals surface area (Å²) in [6, 6.07) is 3.22. The molecular weight excluding hydrogens is 413 g/mol. The van der Waals surface area contributed by atoms with Gasteiger partial charge in [0.25, 0.3) is 5.91 Å². The first kappa shape index (κ1) is 21.3. The molecule has 0 spiro atoms. The van der Waals surface area contributed by atoms with Crippen LogP contribution in [0, 0.1) is 0 Å². The smallest absolute Gasteiger partial charge is 0.385 e. The lowest BCUT2D eigenvalue weighted by Crippen LogP contribution is -2.43. The summed E-state index contributed by atoms with van der Waals surface area (Å²) in [6.07, 6.45) is -0.876. The summed E-state index contributed by atoms with van der Waals surface area (Å²) < 4.78 is 40.3. The van der Waals surface area contributed by atoms with E-state index < -0.39 is 23.2 Å². The Kier molecular flexibility index (Phi) is 5.26. The van der Waals surface area contributed by atoms with Gasteiger partial charge in [-0.25, -0.2) is 4.98 Å². The fourth-order valence-corrected chi connectivity index (χ4v) is 3.67. The van der Waals surface area contributed by atoms with Gasteiger partial charge < -0.3 is 26.8 Å². The van der Waals surface area contributed by atoms with Crippen molar-refractivity contribution in [1.82, 2.24) is 9.97 Å². The minimum Gasteiger partial charge on any atom is -0.385 e. The van der Waals surface area contributed by atoms with Gasteiger partial charge in [0.1, 0.15) is 11.4 Å². The van der Waals surface area contributed by atoms with Gasteiger partial charge in [-0.2, -0.15) is 18.2 Å². The van der Waals surface area contributed by atoms with Crippen molar-refractivity contribution in [2.45, 2.75) is 43.5 Å². The number of piperidine rings is 1. The molecule has 0 bridgehead atoms. The van der Waals surface area contributed by atoms with Crippen molar-refractivity contribution in [2.75, 3.05) is 23.3 Å². The van der Waals surface area contributed by atoms with Crippen LogP contribution in [0.1, 0.15) is 47.2 Å². The SMILES string of the molecule is NC(=O)c1cnc(N2CCC[C@@H](N)C2)nc1Nc1cc(C(F)(F)F)cc(C2(O)CC2)c1. The van der Waals surface area contributed by atoms with Crippen LogP contribution in [0.4, 0.5) is 30.6 Å². The minimum atomic E-state index is -4.61. The molecule has 1 aromatic carbocycles. The molecular formula is C20H23F3N6O2. The van der Waals surface area contributed by atoms with Crippen LogP contribution in [0.15, 0.2) is 24.4 Å². The average Bonchev–Trinajstić information content (AvgIpc) is 3.45. The highest BCUT2D eigenvalue weighted by molar-refractivity contribution is 5.98. The van der Waals surface area contributed by atoms with Crippen molar-refractivity contribution in [1.29, 1.82) is 0 Å². The molecule has 2 fully saturated rings. The zero-order valence-electron chi connectivity index (χ0n) is 16.6. The van der Waals surface area contributed by atoms with E-state index in [-0.39, 0.29) is 28.7 Å². The first-order valence-corrected chi connectivity index (χ1v) is 9.95. The number of primary amides is 1. The topological polar surface area (TPSA) is 130 Å². The molecule has 6 N–H and O–H groups in total. The number of nitrogens with two attached hydrogens (primary N) is 2. The van der Waals surface area contributed by atoms with Crippen LogP contribution in [0.25, 0.3) is 0 Å². The Morgan fingerprint density at radius 2 is 2.03 bits per heavy atom. The van der Waals surface area contributed by atoms with Crippen LogP contribution >= 0.6 is 0 Å². The maximum Gasteiger partial charge on any atom is 0.416 e. The molecule has 1 saturated carbocycles. The summed E-state index contributed by atoms with van der Waals surface area (Å²) in [6.45, 7) is 1.19. The summed E-state index contributed by atoms with van der Waals surface area (Å²) in [4.78, 5) is 22.3. The van der Waals surface area contributed by atoms with Crippen molar-refractivity contribution >= 4 is 23.4 Å². The predicted octanol–water partition coefficient (Wildman–Crippen LogP) is 2.25. The number of carbonyl (C=O) groups is 1. The number of nitrogens with one attached hydrogen (secondary N) is 1. The largest absolute Gasteiger partial charge is 0.416 e. The number of halogens is 3. The number of hydrogen-bond acceptors (Lipinski definition) is 7. The van der Waals surface area contributed by atoms with Crippen molar-refractivity contribution in [3.63, 3.8) is 0 Å². The summed E-state index contributed by atoms with van der Waals surface area (Å²) in [7, 11) is 0. The van der Waals surface area contributed by atoms with E-state index in [1.807, 2.05) is 4.90 Å². The number of carbonyl (C=O) groups excluding carboxylic acids is 1. The predicted molar refractivity (Wildman–Crippen MR) is 108 cm³/mol. The number of nitrogens with zero attached hydrogens (tertiary/aromatic N) is 3. The number of aromatic nitrogens is 2. The average molecular weight is 436 g/mol. The zero-order valence-corrected chi connectivity index (χ0v) is 16.6. The van der Waals surface area contributed by atoms with E-state index in [1.165, 1.54) is 12.3 Å². The fraction of sp³-hybridized carbons (Fsp3) is 0.450. The molecule has 1 aromatic heterocycles. The van der Waals surface area contributed by atoms with Crippen molar-refractivity contribution in [3.8, 4) is 0 Å². The van der Waals surface area contributed by atoms with Crippen LogP contribution in [0.2, 0.25) is 0 Å². The molecule has 1 aliphatic carbocycles. The van der Waals surface area contributed by atoms with E-state index in [9.17, 15) is 23.1 Å². The van der Waals surface area contributed by atoms with Gasteiger partial charge in [-0.05, 0) is 49.4 Å². The third-order valence-corrected chi connectivity index (χ3v) is 5.57. The number of alkyl halides is 3. The van der Waals surface area contributed by atoms with Crippen molar-refractivity contribution < 1.29 is 23.1 Å². The highest BCUT2D eigenvalue weighted by Crippen LogP contribution is 2.47. The summed E-state index contributed by atoms with van der Waals surface area (Å²) in [5.74, 6) is -0.530. The minimum absolute atomic E-state index is 0.00953. The van der Waals surface area contributed by atoms with Gasteiger partial charge in [0.05, 0.1) is 11.2 Å². The second-order valence-corrected chi connectivity index (χ2v) is 8.10. The standard InChI is InChI=1S/C20H23F3N6O2/c21-20(22,23)12-6-11(19(31)3-4-19)7-14(8-12)27-17-15(16(25)30)9-26-18(28-17)29-5-1-2-13(24)10-29/h6-9,13,31H,1-5,10,24H2,(H2,25,30)(H,26,27,28)/t13-/m1/s1. The van der Waals surface area contributed by atoms with Crippen molar-refractivity contribution in [3.05, 3.63) is 41.1 Å². The van der Waals surface area contributed by atoms with Gasteiger partial charge in [0.2, 0.25) is 5.95 Å². The Balaban J connectivity index is 1.72. The van der Waals surface area contributed by atoms with Crippen LogP contribution in [0.3, 0.4) is 0 Å². The Bertz CT molecular complexity index is 985. The summed E-state index contributed by atoms with van der Waals surface area (Å²) in [5, 5.41) is 13.1. The second-order valence-electron chi connectivity index (χ2n) is 8.10. The molecule has 2 heterocycles. The highest BCUT2D eigenvalue weighted by Gasteiger charge is 2.44. The van der Waals surface area contributed by atoms with E-state index in [2.05, 4.69) is 15.3 Å². The zero-order chi connectivity index (χ0) is 22.4. The van der Waals surface area contributed by atoms with Gasteiger partial charge in [0.15, 0.2) is 0 Å². The second kappa shape index (κ2) is 7.65. The maximum absolute atomic E-state index is 13.4. The molecule has 1 amide bonds. The normalized spacial score (nSPS) is 20.4. The lowest BCUT2D eigenvalue weighted by Gasteiger charge is -2.31. The molecule has 1 aliphatic heterocycles. The van der Waals surface area contributed by atoms with Crippen molar-refractivity contribution in [2.24, 2.45) is 11.5 Å². The third kappa shape index (κ3) is 4.57. The molecule has 8 nitrogen and oxygen atoms in total. The number of amides is 1. The molecule has 1 atom stereocenters. The lowest BCUT2D eigenvalue weighted by atomic mass is 10.0. The number of aliphatic hydroxyl groups is 1. The molecule has 4 rings (SSSR count). The van der Waals surface area contributed by atoms with Gasteiger partial charge >= 0.3 is 6.18 Å². The van der Waals surface area contributed by atoms with Gasteiger partial charge in [-0.3, -0.25) is 4.79 Å².